The fourth-order valence-electron chi connectivity index (χ4n) is 3.23. The molecular weight excluding hydrogens is 582 g/mol. The molecule has 1 rings (SSSR count). The molecule has 3 amide bonds. The Labute approximate surface area is 257 Å². The first kappa shape index (κ1) is 38.2. The summed E-state index contributed by atoms with van der Waals surface area (Å²) in [7, 11) is 0. The maximum absolute atomic E-state index is 12.6. The van der Waals surface area contributed by atoms with Crippen molar-refractivity contribution in [3.8, 4) is 0 Å². The molecule has 0 aliphatic carbocycles. The standard InChI is InChI=1S/C29H45N3O12/c1-29(2,3)44-27(37)23(32-28(38)43-19-22-7-5-4-6-8-22)9-10-24(33)30-11-13-39-15-17-41-20-25(34)31-12-14-40-16-18-42-21-26(35)36/h4-8,23H,9-21H2,1-3H3,(H,30,33)(H,31,34)(H,32,38)(H,35,36)/t23-/m0/s1. The second-order valence-corrected chi connectivity index (χ2v) is 10.3. The van der Waals surface area contributed by atoms with E-state index in [1.54, 1.807) is 32.9 Å². The van der Waals surface area contributed by atoms with Crippen molar-refractivity contribution in [2.45, 2.75) is 51.9 Å². The Balaban J connectivity index is 2.17. The summed E-state index contributed by atoms with van der Waals surface area (Å²) in [5, 5.41) is 16.2. The van der Waals surface area contributed by atoms with Gasteiger partial charge in [-0.05, 0) is 32.8 Å². The zero-order valence-corrected chi connectivity index (χ0v) is 25.6. The van der Waals surface area contributed by atoms with Gasteiger partial charge in [0.1, 0.15) is 31.5 Å². The van der Waals surface area contributed by atoms with E-state index in [9.17, 15) is 24.0 Å². The molecule has 0 fully saturated rings. The first-order valence-electron chi connectivity index (χ1n) is 14.2. The molecule has 1 aromatic carbocycles. The largest absolute Gasteiger partial charge is 0.480 e. The summed E-state index contributed by atoms with van der Waals surface area (Å²) in [5.41, 5.74) is 0.00326. The van der Waals surface area contributed by atoms with E-state index in [1.165, 1.54) is 0 Å². The van der Waals surface area contributed by atoms with Gasteiger partial charge in [-0.2, -0.15) is 0 Å². The summed E-state index contributed by atoms with van der Waals surface area (Å²) >= 11 is 0. The van der Waals surface area contributed by atoms with Crippen LogP contribution in [0, 0.1) is 0 Å². The molecule has 0 spiro atoms. The summed E-state index contributed by atoms with van der Waals surface area (Å²) in [4.78, 5) is 59.2. The highest BCUT2D eigenvalue weighted by Gasteiger charge is 2.27. The van der Waals surface area contributed by atoms with Crippen molar-refractivity contribution in [3.63, 3.8) is 0 Å². The first-order valence-corrected chi connectivity index (χ1v) is 14.2. The number of aliphatic carboxylic acids is 1. The van der Waals surface area contributed by atoms with Gasteiger partial charge < -0.3 is 49.5 Å². The Hall–Kier alpha value is -3.79. The number of carbonyl (C=O) groups excluding carboxylic acids is 4. The average Bonchev–Trinajstić information content (AvgIpc) is 2.96. The maximum Gasteiger partial charge on any atom is 0.408 e. The van der Waals surface area contributed by atoms with Crippen LogP contribution in [0.15, 0.2) is 30.3 Å². The predicted molar refractivity (Wildman–Crippen MR) is 156 cm³/mol. The molecule has 1 atom stereocenters. The molecule has 0 aliphatic heterocycles. The Kier molecular flexibility index (Phi) is 19.7. The van der Waals surface area contributed by atoms with Gasteiger partial charge in [0.15, 0.2) is 0 Å². The van der Waals surface area contributed by atoms with Crippen molar-refractivity contribution in [1.29, 1.82) is 0 Å². The smallest absolute Gasteiger partial charge is 0.408 e. The number of amides is 3. The number of carboxylic acids is 1. The third kappa shape index (κ3) is 21.8. The van der Waals surface area contributed by atoms with Crippen LogP contribution in [0.1, 0.15) is 39.2 Å². The van der Waals surface area contributed by atoms with Crippen molar-refractivity contribution >= 4 is 29.8 Å². The second-order valence-electron chi connectivity index (χ2n) is 10.3. The highest BCUT2D eigenvalue weighted by molar-refractivity contribution is 5.83. The summed E-state index contributed by atoms with van der Waals surface area (Å²) < 4.78 is 31.2. The van der Waals surface area contributed by atoms with Crippen LogP contribution in [0.2, 0.25) is 0 Å². The molecule has 0 aliphatic rings. The number of hydrogen-bond donors (Lipinski definition) is 4. The third-order valence-electron chi connectivity index (χ3n) is 5.20. The minimum atomic E-state index is -1.08. The maximum atomic E-state index is 12.6. The van der Waals surface area contributed by atoms with Crippen molar-refractivity contribution < 1.29 is 57.5 Å². The summed E-state index contributed by atoms with van der Waals surface area (Å²) in [5.74, 6) is -2.40. The Morgan fingerprint density at radius 2 is 1.34 bits per heavy atom. The molecule has 0 heterocycles. The van der Waals surface area contributed by atoms with E-state index in [0.29, 0.717) is 0 Å². The summed E-state index contributed by atoms with van der Waals surface area (Å²) in [6.45, 7) is 6.25. The topological polar surface area (TPSA) is 197 Å². The van der Waals surface area contributed by atoms with E-state index >= 15 is 0 Å². The van der Waals surface area contributed by atoms with Gasteiger partial charge in [0.25, 0.3) is 0 Å². The number of benzene rings is 1. The third-order valence-corrected chi connectivity index (χ3v) is 5.20. The lowest BCUT2D eigenvalue weighted by Gasteiger charge is -2.24. The zero-order chi connectivity index (χ0) is 32.6. The van der Waals surface area contributed by atoms with Crippen LogP contribution in [0.5, 0.6) is 0 Å². The quantitative estimate of drug-likeness (QED) is 0.0985. The van der Waals surface area contributed by atoms with Gasteiger partial charge in [0.05, 0.1) is 39.6 Å². The SMILES string of the molecule is CC(C)(C)OC(=O)[C@H](CCC(=O)NCCOCCOCC(=O)NCCOCCOCC(=O)O)NC(=O)OCc1ccccc1. The van der Waals surface area contributed by atoms with E-state index < -0.39 is 29.7 Å². The molecule has 0 bridgehead atoms. The predicted octanol–water partition coefficient (Wildman–Crippen LogP) is 0.787. The van der Waals surface area contributed by atoms with E-state index in [4.69, 9.17) is 33.5 Å². The Morgan fingerprint density at radius 3 is 1.93 bits per heavy atom. The molecule has 0 saturated heterocycles. The zero-order valence-electron chi connectivity index (χ0n) is 25.6. The normalized spacial score (nSPS) is 11.7. The summed E-state index contributed by atoms with van der Waals surface area (Å²) in [6, 6.07) is 7.99. The number of rotatable bonds is 23. The minimum absolute atomic E-state index is 0.00524. The van der Waals surface area contributed by atoms with Gasteiger partial charge in [0.2, 0.25) is 11.8 Å². The van der Waals surface area contributed by atoms with Gasteiger partial charge in [-0.1, -0.05) is 30.3 Å². The van der Waals surface area contributed by atoms with Crippen LogP contribution in [0.4, 0.5) is 4.79 Å². The molecule has 0 saturated carbocycles. The Morgan fingerprint density at radius 1 is 0.773 bits per heavy atom. The second kappa shape index (κ2) is 22.7. The van der Waals surface area contributed by atoms with Crippen LogP contribution in [-0.2, 0) is 54.2 Å². The van der Waals surface area contributed by atoms with Crippen molar-refractivity contribution in [1.82, 2.24) is 16.0 Å². The molecule has 0 aromatic heterocycles. The van der Waals surface area contributed by atoms with E-state index in [1.807, 2.05) is 18.2 Å². The van der Waals surface area contributed by atoms with Crippen molar-refractivity contribution in [3.05, 3.63) is 35.9 Å². The molecule has 4 N–H and O–H groups in total. The molecule has 0 unspecified atom stereocenters. The van der Waals surface area contributed by atoms with Crippen molar-refractivity contribution in [2.24, 2.45) is 0 Å². The molecule has 15 heteroatoms. The van der Waals surface area contributed by atoms with Crippen molar-refractivity contribution in [2.75, 3.05) is 65.9 Å². The fourth-order valence-corrected chi connectivity index (χ4v) is 3.23. The van der Waals surface area contributed by atoms with Gasteiger partial charge in [-0.15, -0.1) is 0 Å². The van der Waals surface area contributed by atoms with Crippen LogP contribution in [-0.4, -0.2) is 113 Å². The minimum Gasteiger partial charge on any atom is -0.480 e. The first-order chi connectivity index (χ1) is 21.0. The lowest BCUT2D eigenvalue weighted by Crippen LogP contribution is -2.45. The van der Waals surface area contributed by atoms with Crippen LogP contribution in [0.3, 0.4) is 0 Å². The number of esters is 1. The van der Waals surface area contributed by atoms with E-state index in [0.717, 1.165) is 5.56 Å². The number of hydrogen-bond acceptors (Lipinski definition) is 11. The molecule has 15 nitrogen and oxygen atoms in total. The van der Waals surface area contributed by atoms with Gasteiger partial charge in [-0.3, -0.25) is 9.59 Å². The van der Waals surface area contributed by atoms with Gasteiger partial charge in [0, 0.05) is 19.5 Å². The highest BCUT2D eigenvalue weighted by atomic mass is 16.6. The molecule has 1 aromatic rings. The monoisotopic (exact) mass is 627 g/mol. The van der Waals surface area contributed by atoms with Crippen LogP contribution < -0.4 is 16.0 Å². The highest BCUT2D eigenvalue weighted by Crippen LogP contribution is 2.11. The average molecular weight is 628 g/mol. The number of carboxylic acid groups (broad SMARTS) is 1. The number of carbonyl (C=O) groups is 5. The molecule has 0 radical (unpaired) electrons. The van der Waals surface area contributed by atoms with Gasteiger partial charge >= 0.3 is 18.0 Å². The number of ether oxygens (including phenoxy) is 6. The van der Waals surface area contributed by atoms with Gasteiger partial charge in [-0.25, -0.2) is 14.4 Å². The molecule has 44 heavy (non-hydrogen) atoms. The van der Waals surface area contributed by atoms with Crippen LogP contribution >= 0.6 is 0 Å². The lowest BCUT2D eigenvalue weighted by atomic mass is 10.1. The van der Waals surface area contributed by atoms with E-state index in [2.05, 4.69) is 16.0 Å². The van der Waals surface area contributed by atoms with E-state index in [-0.39, 0.29) is 97.2 Å². The lowest BCUT2D eigenvalue weighted by molar-refractivity contribution is -0.157. The molecule has 248 valence electrons. The molecular formula is C29H45N3O12. The van der Waals surface area contributed by atoms with Crippen LogP contribution in [0.25, 0.3) is 0 Å². The number of alkyl carbamates (subject to hydrolysis) is 1. The Bertz CT molecular complexity index is 1000. The number of nitrogens with one attached hydrogen (secondary N) is 3. The fraction of sp³-hybridized carbons (Fsp3) is 0.621. The summed E-state index contributed by atoms with van der Waals surface area (Å²) in [6.07, 6.45) is -0.847.